The van der Waals surface area contributed by atoms with Gasteiger partial charge in [0.1, 0.15) is 12.2 Å². The molecule has 0 aromatic heterocycles. The zero-order valence-electron chi connectivity index (χ0n) is 15.7. The molecule has 0 unspecified atom stereocenters. The number of aromatic hydroxyl groups is 1. The van der Waals surface area contributed by atoms with Crippen LogP contribution >= 0.6 is 15.9 Å². The zero-order chi connectivity index (χ0) is 21.1. The quantitative estimate of drug-likeness (QED) is 0.470. The summed E-state index contributed by atoms with van der Waals surface area (Å²) in [5.41, 5.74) is 2.08. The number of phenolic OH excluding ortho intramolecular Hbond substituents is 1. The van der Waals surface area contributed by atoms with Crippen LogP contribution in [0.4, 0.5) is 10.5 Å². The fourth-order valence-corrected chi connectivity index (χ4v) is 3.24. The molecule has 1 fully saturated rings. The minimum absolute atomic E-state index is 0.0120. The maximum atomic E-state index is 12.6. The second kappa shape index (κ2) is 8.36. The standard InChI is InChI=1S/C20H18BrN3O5/c1-11-4-3-5-13(6-11)22-17(25)10-24-19(27)15(23-20(24)28)8-12-7-14(21)18(26)16(9-12)29-2/h3-9,26H,10H2,1-2H3,(H,22,25)(H,23,28). The van der Waals surface area contributed by atoms with Crippen LogP contribution in [0.25, 0.3) is 6.08 Å². The van der Waals surface area contributed by atoms with Crippen LogP contribution in [0.1, 0.15) is 11.1 Å². The molecule has 8 nitrogen and oxygen atoms in total. The summed E-state index contributed by atoms with van der Waals surface area (Å²) < 4.78 is 5.44. The van der Waals surface area contributed by atoms with Gasteiger partial charge >= 0.3 is 6.03 Å². The summed E-state index contributed by atoms with van der Waals surface area (Å²) >= 11 is 3.20. The molecule has 0 aliphatic carbocycles. The number of carbonyl (C=O) groups is 3. The summed E-state index contributed by atoms with van der Waals surface area (Å²) in [5, 5.41) is 15.0. The summed E-state index contributed by atoms with van der Waals surface area (Å²) in [6.07, 6.45) is 1.44. The number of nitrogens with one attached hydrogen (secondary N) is 2. The Labute approximate surface area is 175 Å². The van der Waals surface area contributed by atoms with Crippen molar-refractivity contribution in [3.63, 3.8) is 0 Å². The molecule has 1 saturated heterocycles. The number of imide groups is 1. The number of rotatable bonds is 5. The number of carbonyl (C=O) groups excluding carboxylic acids is 3. The molecule has 0 saturated carbocycles. The van der Waals surface area contributed by atoms with Gasteiger partial charge in [-0.05, 0) is 64.3 Å². The first-order chi connectivity index (χ1) is 13.8. The first kappa shape index (κ1) is 20.4. The van der Waals surface area contributed by atoms with Gasteiger partial charge in [-0.2, -0.15) is 0 Å². The highest BCUT2D eigenvalue weighted by Gasteiger charge is 2.35. The van der Waals surface area contributed by atoms with E-state index in [1.54, 1.807) is 24.3 Å². The molecule has 9 heteroatoms. The Kier molecular flexibility index (Phi) is 5.88. The molecule has 2 aromatic rings. The van der Waals surface area contributed by atoms with Gasteiger partial charge in [0.25, 0.3) is 5.91 Å². The summed E-state index contributed by atoms with van der Waals surface area (Å²) in [5.74, 6) is -0.991. The molecule has 0 bridgehead atoms. The van der Waals surface area contributed by atoms with E-state index in [0.29, 0.717) is 15.7 Å². The number of hydrogen-bond donors (Lipinski definition) is 3. The number of hydrogen-bond acceptors (Lipinski definition) is 5. The molecule has 1 heterocycles. The molecule has 1 aliphatic rings. The van der Waals surface area contributed by atoms with Crippen molar-refractivity contribution in [1.29, 1.82) is 0 Å². The number of ether oxygens (including phenoxy) is 1. The molecule has 2 aromatic carbocycles. The lowest BCUT2D eigenvalue weighted by Gasteiger charge is -2.12. The van der Waals surface area contributed by atoms with Crippen molar-refractivity contribution in [2.24, 2.45) is 0 Å². The molecule has 0 atom stereocenters. The predicted octanol–water partition coefficient (Wildman–Crippen LogP) is 3.00. The lowest BCUT2D eigenvalue weighted by atomic mass is 10.1. The second-order valence-corrected chi connectivity index (χ2v) is 7.21. The fraction of sp³-hybridized carbons (Fsp3) is 0.150. The number of halogens is 1. The Morgan fingerprint density at radius 1 is 1.31 bits per heavy atom. The van der Waals surface area contributed by atoms with Crippen LogP contribution in [0.2, 0.25) is 0 Å². The highest BCUT2D eigenvalue weighted by Crippen LogP contribution is 2.35. The number of phenols is 1. The maximum Gasteiger partial charge on any atom is 0.329 e. The molecule has 4 amide bonds. The van der Waals surface area contributed by atoms with Gasteiger partial charge in [0, 0.05) is 5.69 Å². The van der Waals surface area contributed by atoms with Crippen molar-refractivity contribution in [3.8, 4) is 11.5 Å². The van der Waals surface area contributed by atoms with E-state index in [1.165, 1.54) is 19.3 Å². The largest absolute Gasteiger partial charge is 0.503 e. The molecule has 1 aliphatic heterocycles. The van der Waals surface area contributed by atoms with E-state index in [2.05, 4.69) is 26.6 Å². The zero-order valence-corrected chi connectivity index (χ0v) is 17.2. The average molecular weight is 460 g/mol. The number of amides is 4. The first-order valence-electron chi connectivity index (χ1n) is 8.56. The van der Waals surface area contributed by atoms with E-state index >= 15 is 0 Å². The number of methoxy groups -OCH3 is 1. The first-order valence-corrected chi connectivity index (χ1v) is 9.35. The molecule has 3 rings (SSSR count). The molecular weight excluding hydrogens is 442 g/mol. The SMILES string of the molecule is COc1cc(C=C2NC(=O)N(CC(=O)Nc3cccc(C)c3)C2=O)cc(Br)c1O. The van der Waals surface area contributed by atoms with Crippen LogP contribution in [0.5, 0.6) is 11.5 Å². The van der Waals surface area contributed by atoms with Crippen molar-refractivity contribution < 1.29 is 24.2 Å². The highest BCUT2D eigenvalue weighted by atomic mass is 79.9. The molecule has 0 spiro atoms. The Morgan fingerprint density at radius 2 is 2.07 bits per heavy atom. The molecule has 0 radical (unpaired) electrons. The highest BCUT2D eigenvalue weighted by molar-refractivity contribution is 9.10. The van der Waals surface area contributed by atoms with Crippen LogP contribution in [0.15, 0.2) is 46.6 Å². The van der Waals surface area contributed by atoms with Gasteiger partial charge in [-0.3, -0.25) is 9.59 Å². The smallest absolute Gasteiger partial charge is 0.329 e. The van der Waals surface area contributed by atoms with Gasteiger partial charge in [-0.1, -0.05) is 12.1 Å². The normalized spacial score (nSPS) is 14.9. The van der Waals surface area contributed by atoms with E-state index in [-0.39, 0.29) is 17.2 Å². The lowest BCUT2D eigenvalue weighted by Crippen LogP contribution is -2.38. The number of aryl methyl sites for hydroxylation is 1. The summed E-state index contributed by atoms with van der Waals surface area (Å²) in [4.78, 5) is 37.8. The summed E-state index contributed by atoms with van der Waals surface area (Å²) in [6, 6.07) is 9.58. The van der Waals surface area contributed by atoms with Gasteiger partial charge in [-0.15, -0.1) is 0 Å². The number of urea groups is 1. The van der Waals surface area contributed by atoms with Crippen molar-refractivity contribution in [2.45, 2.75) is 6.92 Å². The third kappa shape index (κ3) is 4.57. The third-order valence-corrected chi connectivity index (χ3v) is 4.75. The van der Waals surface area contributed by atoms with Gasteiger partial charge in [0.15, 0.2) is 11.5 Å². The van der Waals surface area contributed by atoms with E-state index in [9.17, 15) is 19.5 Å². The molecule has 29 heavy (non-hydrogen) atoms. The summed E-state index contributed by atoms with van der Waals surface area (Å²) in [7, 11) is 1.40. The lowest BCUT2D eigenvalue weighted by molar-refractivity contribution is -0.127. The number of anilines is 1. The van der Waals surface area contributed by atoms with Crippen LogP contribution < -0.4 is 15.4 Å². The Hall–Kier alpha value is -3.33. The van der Waals surface area contributed by atoms with Crippen molar-refractivity contribution >= 4 is 45.5 Å². The second-order valence-electron chi connectivity index (χ2n) is 6.35. The third-order valence-electron chi connectivity index (χ3n) is 4.15. The Balaban J connectivity index is 1.75. The van der Waals surface area contributed by atoms with E-state index in [1.807, 2.05) is 13.0 Å². The molecule has 3 N–H and O–H groups in total. The van der Waals surface area contributed by atoms with Crippen molar-refractivity contribution in [3.05, 3.63) is 57.7 Å². The van der Waals surface area contributed by atoms with Gasteiger partial charge in [0.05, 0.1) is 11.6 Å². The van der Waals surface area contributed by atoms with Crippen molar-refractivity contribution in [2.75, 3.05) is 19.0 Å². The Bertz CT molecular complexity index is 1030. The van der Waals surface area contributed by atoms with E-state index < -0.39 is 24.4 Å². The monoisotopic (exact) mass is 459 g/mol. The average Bonchev–Trinajstić information content (AvgIpc) is 2.92. The minimum atomic E-state index is -0.689. The molecular formula is C20H18BrN3O5. The van der Waals surface area contributed by atoms with Crippen LogP contribution in [-0.2, 0) is 9.59 Å². The van der Waals surface area contributed by atoms with Gasteiger partial charge in [-0.25, -0.2) is 9.69 Å². The van der Waals surface area contributed by atoms with E-state index in [0.717, 1.165) is 10.5 Å². The summed E-state index contributed by atoms with van der Waals surface area (Å²) in [6.45, 7) is 1.47. The van der Waals surface area contributed by atoms with Gasteiger partial charge < -0.3 is 20.5 Å². The predicted molar refractivity (Wildman–Crippen MR) is 110 cm³/mol. The van der Waals surface area contributed by atoms with Crippen LogP contribution in [-0.4, -0.2) is 41.5 Å². The fourth-order valence-electron chi connectivity index (χ4n) is 2.78. The van der Waals surface area contributed by atoms with Gasteiger partial charge in [0.2, 0.25) is 5.91 Å². The number of nitrogens with zero attached hydrogens (tertiary/aromatic N) is 1. The van der Waals surface area contributed by atoms with E-state index in [4.69, 9.17) is 4.74 Å². The van der Waals surface area contributed by atoms with Crippen LogP contribution in [0, 0.1) is 6.92 Å². The van der Waals surface area contributed by atoms with Crippen molar-refractivity contribution in [1.82, 2.24) is 10.2 Å². The number of benzene rings is 2. The topological polar surface area (TPSA) is 108 Å². The Morgan fingerprint density at radius 3 is 2.76 bits per heavy atom. The maximum absolute atomic E-state index is 12.6. The van der Waals surface area contributed by atoms with Crippen LogP contribution in [0.3, 0.4) is 0 Å². The minimum Gasteiger partial charge on any atom is -0.503 e. The molecule has 150 valence electrons.